The summed E-state index contributed by atoms with van der Waals surface area (Å²) in [6.45, 7) is 3.18. The normalized spacial score (nSPS) is 10.9. The lowest BCUT2D eigenvalue weighted by Gasteiger charge is -2.10. The topological polar surface area (TPSA) is 84.5 Å². The number of nitrogens with zero attached hydrogens (tertiary/aromatic N) is 3. The van der Waals surface area contributed by atoms with Crippen LogP contribution in [-0.2, 0) is 22.7 Å². The zero-order valence-corrected chi connectivity index (χ0v) is 13.1. The maximum absolute atomic E-state index is 12.5. The van der Waals surface area contributed by atoms with Crippen LogP contribution < -0.4 is 5.69 Å². The number of carbonyl (C=O) groups excluding carboxylic acids is 1. The van der Waals surface area contributed by atoms with Crippen LogP contribution in [0.25, 0.3) is 11.0 Å². The Bertz CT molecular complexity index is 814. The minimum atomic E-state index is -1.10. The second-order valence-corrected chi connectivity index (χ2v) is 5.59. The Balaban J connectivity index is 2.75. The fourth-order valence-corrected chi connectivity index (χ4v) is 2.55. The predicted molar refractivity (Wildman–Crippen MR) is 82.0 cm³/mol. The van der Waals surface area contributed by atoms with E-state index in [4.69, 9.17) is 5.11 Å². The van der Waals surface area contributed by atoms with Crippen molar-refractivity contribution in [3.63, 3.8) is 0 Å². The molecule has 2 aromatic rings. The predicted octanol–water partition coefficient (Wildman–Crippen LogP) is 0.593. The first kappa shape index (κ1) is 15.8. The lowest BCUT2D eigenvalue weighted by molar-refractivity contribution is -0.137. The summed E-state index contributed by atoms with van der Waals surface area (Å²) in [6, 6.07) is 3.68. The molecule has 7 nitrogen and oxygen atoms in total. The van der Waals surface area contributed by atoms with Gasteiger partial charge in [0.15, 0.2) is 0 Å². The number of aryl methyl sites for hydroxylation is 2. The molecule has 22 heavy (non-hydrogen) atoms. The molecule has 0 saturated heterocycles. The zero-order valence-electron chi connectivity index (χ0n) is 13.1. The molecule has 1 aromatic heterocycles. The SMILES string of the molecule is Cc1cc(C)c2c(c1)n(CC(=O)N(C)C)c(=O)n2CC(=O)O. The number of carbonyl (C=O) groups is 2. The van der Waals surface area contributed by atoms with Gasteiger partial charge in [0.1, 0.15) is 13.1 Å². The average molecular weight is 305 g/mol. The van der Waals surface area contributed by atoms with Crippen LogP contribution in [0.15, 0.2) is 16.9 Å². The summed E-state index contributed by atoms with van der Waals surface area (Å²) >= 11 is 0. The van der Waals surface area contributed by atoms with Gasteiger partial charge in [-0.2, -0.15) is 0 Å². The van der Waals surface area contributed by atoms with Crippen LogP contribution in [0.5, 0.6) is 0 Å². The minimum Gasteiger partial charge on any atom is -0.480 e. The van der Waals surface area contributed by atoms with Crippen LogP contribution >= 0.6 is 0 Å². The van der Waals surface area contributed by atoms with Gasteiger partial charge < -0.3 is 10.0 Å². The maximum atomic E-state index is 12.5. The van der Waals surface area contributed by atoms with Crippen molar-refractivity contribution in [2.45, 2.75) is 26.9 Å². The third kappa shape index (κ3) is 2.74. The van der Waals surface area contributed by atoms with Crippen LogP contribution in [0.3, 0.4) is 0 Å². The van der Waals surface area contributed by atoms with Crippen molar-refractivity contribution >= 4 is 22.9 Å². The van der Waals surface area contributed by atoms with Crippen LogP contribution in [0.4, 0.5) is 0 Å². The molecule has 0 bridgehead atoms. The Labute approximate surface area is 127 Å². The number of amides is 1. The smallest absolute Gasteiger partial charge is 0.330 e. The Morgan fingerprint density at radius 3 is 2.32 bits per heavy atom. The van der Waals surface area contributed by atoms with Crippen molar-refractivity contribution in [1.82, 2.24) is 14.0 Å². The lowest BCUT2D eigenvalue weighted by Crippen LogP contribution is -2.33. The number of benzene rings is 1. The van der Waals surface area contributed by atoms with Gasteiger partial charge in [-0.25, -0.2) is 4.79 Å². The van der Waals surface area contributed by atoms with E-state index in [1.807, 2.05) is 19.9 Å². The largest absolute Gasteiger partial charge is 0.480 e. The first-order valence-electron chi connectivity index (χ1n) is 6.84. The summed E-state index contributed by atoms with van der Waals surface area (Å²) < 4.78 is 2.54. The Kier molecular flexibility index (Phi) is 4.07. The van der Waals surface area contributed by atoms with E-state index in [1.165, 1.54) is 14.0 Å². The first-order chi connectivity index (χ1) is 10.2. The molecule has 0 radical (unpaired) electrons. The quantitative estimate of drug-likeness (QED) is 0.896. The highest BCUT2D eigenvalue weighted by Gasteiger charge is 2.19. The second-order valence-electron chi connectivity index (χ2n) is 5.59. The molecule has 0 aliphatic carbocycles. The van der Waals surface area contributed by atoms with Crippen LogP contribution in [0, 0.1) is 13.8 Å². The van der Waals surface area contributed by atoms with Crippen LogP contribution in [0.2, 0.25) is 0 Å². The molecule has 0 atom stereocenters. The molecule has 0 aliphatic heterocycles. The van der Waals surface area contributed by atoms with Gasteiger partial charge >= 0.3 is 11.7 Å². The molecule has 1 N–H and O–H groups in total. The van der Waals surface area contributed by atoms with Gasteiger partial charge in [0.25, 0.3) is 0 Å². The number of hydrogen-bond donors (Lipinski definition) is 1. The number of aliphatic carboxylic acids is 1. The second kappa shape index (κ2) is 5.67. The van der Waals surface area contributed by atoms with Gasteiger partial charge in [0.05, 0.1) is 11.0 Å². The summed E-state index contributed by atoms with van der Waals surface area (Å²) in [4.78, 5) is 36.9. The van der Waals surface area contributed by atoms with E-state index in [9.17, 15) is 14.4 Å². The molecule has 1 amide bonds. The highest BCUT2D eigenvalue weighted by Crippen LogP contribution is 2.20. The summed E-state index contributed by atoms with van der Waals surface area (Å²) in [5.74, 6) is -1.32. The zero-order chi connectivity index (χ0) is 16.6. The van der Waals surface area contributed by atoms with Gasteiger partial charge in [-0.1, -0.05) is 6.07 Å². The number of hydrogen-bond acceptors (Lipinski definition) is 3. The van der Waals surface area contributed by atoms with E-state index in [2.05, 4.69) is 0 Å². The van der Waals surface area contributed by atoms with Gasteiger partial charge in [0, 0.05) is 14.1 Å². The fraction of sp³-hybridized carbons (Fsp3) is 0.400. The molecule has 2 rings (SSSR count). The summed E-state index contributed by atoms with van der Waals surface area (Å²) in [5, 5.41) is 9.03. The van der Waals surface area contributed by atoms with Gasteiger partial charge in [-0.15, -0.1) is 0 Å². The number of carboxylic acid groups (broad SMARTS) is 1. The van der Waals surface area contributed by atoms with Crippen LogP contribution in [-0.4, -0.2) is 45.1 Å². The standard InChI is InChI=1S/C15H19N3O4/c1-9-5-10(2)14-11(6-9)17(7-12(19)16(3)4)15(22)18(14)8-13(20)21/h5-6H,7-8H2,1-4H3,(H,20,21). The average Bonchev–Trinajstić information content (AvgIpc) is 2.63. The molecule has 0 saturated carbocycles. The lowest BCUT2D eigenvalue weighted by atomic mass is 10.1. The summed E-state index contributed by atoms with van der Waals surface area (Å²) in [6.07, 6.45) is 0. The van der Waals surface area contributed by atoms with E-state index < -0.39 is 18.2 Å². The van der Waals surface area contributed by atoms with Crippen molar-refractivity contribution < 1.29 is 14.7 Å². The fourth-order valence-electron chi connectivity index (χ4n) is 2.55. The molecule has 0 aliphatic rings. The van der Waals surface area contributed by atoms with Gasteiger partial charge in [-0.3, -0.25) is 18.7 Å². The third-order valence-corrected chi connectivity index (χ3v) is 3.53. The molecule has 0 unspecified atom stereocenters. The number of imidazole rings is 1. The van der Waals surface area contributed by atoms with E-state index in [0.717, 1.165) is 11.1 Å². The molecule has 7 heteroatoms. The molecule has 118 valence electrons. The van der Waals surface area contributed by atoms with Crippen molar-refractivity contribution in [3.8, 4) is 0 Å². The minimum absolute atomic E-state index is 0.113. The number of fused-ring (bicyclic) bond motifs is 1. The number of likely N-dealkylation sites (N-methyl/N-ethyl adjacent to an activating group) is 1. The van der Waals surface area contributed by atoms with Crippen LogP contribution in [0.1, 0.15) is 11.1 Å². The van der Waals surface area contributed by atoms with E-state index in [1.54, 1.807) is 20.2 Å². The molecule has 1 heterocycles. The van der Waals surface area contributed by atoms with E-state index in [-0.39, 0.29) is 12.5 Å². The summed E-state index contributed by atoms with van der Waals surface area (Å²) in [7, 11) is 3.22. The van der Waals surface area contributed by atoms with Crippen molar-refractivity contribution in [2.24, 2.45) is 0 Å². The van der Waals surface area contributed by atoms with Crippen molar-refractivity contribution in [3.05, 3.63) is 33.7 Å². The molecule has 1 aromatic carbocycles. The Hall–Kier alpha value is -2.57. The summed E-state index contributed by atoms with van der Waals surface area (Å²) in [5.41, 5.74) is 2.41. The van der Waals surface area contributed by atoms with Gasteiger partial charge in [0.2, 0.25) is 5.91 Å². The van der Waals surface area contributed by atoms with E-state index in [0.29, 0.717) is 11.0 Å². The number of carboxylic acids is 1. The highest BCUT2D eigenvalue weighted by molar-refractivity contribution is 5.84. The number of rotatable bonds is 4. The molecular formula is C15H19N3O4. The molecule has 0 spiro atoms. The van der Waals surface area contributed by atoms with Crippen molar-refractivity contribution in [1.29, 1.82) is 0 Å². The maximum Gasteiger partial charge on any atom is 0.330 e. The van der Waals surface area contributed by atoms with Crippen molar-refractivity contribution in [2.75, 3.05) is 14.1 Å². The Morgan fingerprint density at radius 1 is 1.14 bits per heavy atom. The monoisotopic (exact) mass is 305 g/mol. The molecule has 0 fully saturated rings. The van der Waals surface area contributed by atoms with E-state index >= 15 is 0 Å². The molecular weight excluding hydrogens is 286 g/mol. The van der Waals surface area contributed by atoms with Gasteiger partial charge in [-0.05, 0) is 31.0 Å². The third-order valence-electron chi connectivity index (χ3n) is 3.53. The Morgan fingerprint density at radius 2 is 1.77 bits per heavy atom. The highest BCUT2D eigenvalue weighted by atomic mass is 16.4. The number of aromatic nitrogens is 2. The first-order valence-corrected chi connectivity index (χ1v) is 6.84.